The molecular formula is C22H29NO3. The summed E-state index contributed by atoms with van der Waals surface area (Å²) >= 11 is 0. The number of carbonyl (C=O) groups excluding carboxylic acids is 1. The van der Waals surface area contributed by atoms with E-state index in [0.29, 0.717) is 30.8 Å². The van der Waals surface area contributed by atoms with Crippen LogP contribution >= 0.6 is 0 Å². The third kappa shape index (κ3) is 6.71. The molecule has 0 amide bonds. The van der Waals surface area contributed by atoms with E-state index in [1.807, 2.05) is 75.4 Å². The van der Waals surface area contributed by atoms with Crippen LogP contribution in [0.25, 0.3) is 0 Å². The molecule has 0 saturated carbocycles. The van der Waals surface area contributed by atoms with Gasteiger partial charge in [0.25, 0.3) is 0 Å². The van der Waals surface area contributed by atoms with Crippen molar-refractivity contribution < 1.29 is 14.6 Å². The number of benzene rings is 2. The van der Waals surface area contributed by atoms with Crippen molar-refractivity contribution in [3.63, 3.8) is 0 Å². The second-order valence-electron chi connectivity index (χ2n) is 7.35. The van der Waals surface area contributed by atoms with Gasteiger partial charge in [-0.2, -0.15) is 0 Å². The number of aliphatic hydroxyl groups excluding tert-OH is 1. The first-order valence-corrected chi connectivity index (χ1v) is 9.05. The summed E-state index contributed by atoms with van der Waals surface area (Å²) in [6.07, 6.45) is 0. The van der Waals surface area contributed by atoms with Crippen molar-refractivity contribution in [1.29, 1.82) is 0 Å². The van der Waals surface area contributed by atoms with Crippen LogP contribution in [0.3, 0.4) is 0 Å². The summed E-state index contributed by atoms with van der Waals surface area (Å²) in [5.74, 6) is 0.0305. The Morgan fingerprint density at radius 1 is 0.962 bits per heavy atom. The second-order valence-corrected chi connectivity index (χ2v) is 7.35. The highest BCUT2D eigenvalue weighted by Gasteiger charge is 2.13. The van der Waals surface area contributed by atoms with E-state index in [1.165, 1.54) is 0 Å². The summed E-state index contributed by atoms with van der Waals surface area (Å²) in [4.78, 5) is 14.6. The summed E-state index contributed by atoms with van der Waals surface area (Å²) in [6, 6.07) is 17.0. The third-order valence-electron chi connectivity index (χ3n) is 4.02. The molecule has 0 atom stereocenters. The topological polar surface area (TPSA) is 49.8 Å². The number of rotatable bonds is 9. The minimum Gasteiger partial charge on any atom is -0.395 e. The smallest absolute Gasteiger partial charge is 0.193 e. The van der Waals surface area contributed by atoms with Crippen LogP contribution in [0, 0.1) is 0 Å². The molecule has 0 aromatic heterocycles. The molecule has 0 fully saturated rings. The van der Waals surface area contributed by atoms with Crippen LogP contribution < -0.4 is 0 Å². The van der Waals surface area contributed by atoms with Crippen LogP contribution in [0.1, 0.15) is 42.3 Å². The van der Waals surface area contributed by atoms with Crippen molar-refractivity contribution in [2.45, 2.75) is 32.9 Å². The van der Waals surface area contributed by atoms with Gasteiger partial charge in [0.2, 0.25) is 0 Å². The normalized spacial score (nSPS) is 11.7. The summed E-state index contributed by atoms with van der Waals surface area (Å²) in [6.45, 7) is 8.90. The van der Waals surface area contributed by atoms with E-state index >= 15 is 0 Å². The summed E-state index contributed by atoms with van der Waals surface area (Å²) in [5.41, 5.74) is 2.33. The lowest BCUT2D eigenvalue weighted by Crippen LogP contribution is -2.32. The van der Waals surface area contributed by atoms with Crippen molar-refractivity contribution >= 4 is 5.78 Å². The lowest BCUT2D eigenvalue weighted by atomic mass is 10.0. The van der Waals surface area contributed by atoms with Gasteiger partial charge in [0.15, 0.2) is 5.78 Å². The average Bonchev–Trinajstić information content (AvgIpc) is 2.61. The molecule has 140 valence electrons. The fourth-order valence-electron chi connectivity index (χ4n) is 2.67. The zero-order valence-electron chi connectivity index (χ0n) is 15.9. The van der Waals surface area contributed by atoms with E-state index in [0.717, 1.165) is 12.1 Å². The van der Waals surface area contributed by atoms with Crippen molar-refractivity contribution in [1.82, 2.24) is 4.90 Å². The number of ketones is 1. The first-order chi connectivity index (χ1) is 12.4. The maximum absolute atomic E-state index is 12.5. The average molecular weight is 355 g/mol. The highest BCUT2D eigenvalue weighted by molar-refractivity contribution is 6.08. The minimum absolute atomic E-state index is 0.0305. The van der Waals surface area contributed by atoms with Gasteiger partial charge >= 0.3 is 0 Å². The number of ether oxygens (including phenoxy) is 1. The van der Waals surface area contributed by atoms with E-state index in [4.69, 9.17) is 4.74 Å². The monoisotopic (exact) mass is 355 g/mol. The molecule has 26 heavy (non-hydrogen) atoms. The lowest BCUT2D eigenvalue weighted by molar-refractivity contribution is -0.0151. The number of hydrogen-bond donors (Lipinski definition) is 1. The molecule has 0 heterocycles. The Hall–Kier alpha value is -2.01. The van der Waals surface area contributed by atoms with Crippen molar-refractivity contribution in [2.75, 3.05) is 26.3 Å². The van der Waals surface area contributed by atoms with Gasteiger partial charge in [0.05, 0.1) is 18.8 Å². The number of hydrogen-bond acceptors (Lipinski definition) is 4. The van der Waals surface area contributed by atoms with E-state index in [9.17, 15) is 9.90 Å². The standard InChI is InChI=1S/C22H29NO3/c1-22(2,3)26-16-14-23(13-15-24)17-18-9-11-20(12-10-18)21(25)19-7-5-4-6-8-19/h4-12,24H,13-17H2,1-3H3. The molecule has 0 spiro atoms. The van der Waals surface area contributed by atoms with Crippen molar-refractivity contribution in [2.24, 2.45) is 0 Å². The minimum atomic E-state index is -0.162. The Labute approximate surface area is 156 Å². The highest BCUT2D eigenvalue weighted by atomic mass is 16.5. The van der Waals surface area contributed by atoms with Crippen LogP contribution in [0.15, 0.2) is 54.6 Å². The molecule has 4 nitrogen and oxygen atoms in total. The zero-order chi connectivity index (χ0) is 19.0. The van der Waals surface area contributed by atoms with Gasteiger partial charge in [0, 0.05) is 30.8 Å². The van der Waals surface area contributed by atoms with Crippen LogP contribution in [-0.2, 0) is 11.3 Å². The zero-order valence-corrected chi connectivity index (χ0v) is 15.9. The van der Waals surface area contributed by atoms with E-state index in [1.54, 1.807) is 0 Å². The number of aliphatic hydroxyl groups is 1. The molecule has 0 saturated heterocycles. The largest absolute Gasteiger partial charge is 0.395 e. The molecule has 0 aliphatic carbocycles. The SMILES string of the molecule is CC(C)(C)OCCN(CCO)Cc1ccc(C(=O)c2ccccc2)cc1. The van der Waals surface area contributed by atoms with Gasteiger partial charge in [-0.05, 0) is 26.3 Å². The lowest BCUT2D eigenvalue weighted by Gasteiger charge is -2.25. The Morgan fingerprint density at radius 3 is 2.15 bits per heavy atom. The molecule has 2 aromatic carbocycles. The van der Waals surface area contributed by atoms with Crippen LogP contribution in [0.4, 0.5) is 0 Å². The van der Waals surface area contributed by atoms with E-state index in [-0.39, 0.29) is 18.0 Å². The Balaban J connectivity index is 1.96. The van der Waals surface area contributed by atoms with Gasteiger partial charge in [-0.1, -0.05) is 54.6 Å². The summed E-state index contributed by atoms with van der Waals surface area (Å²) in [7, 11) is 0. The highest BCUT2D eigenvalue weighted by Crippen LogP contribution is 2.13. The van der Waals surface area contributed by atoms with Gasteiger partial charge in [-0.25, -0.2) is 0 Å². The van der Waals surface area contributed by atoms with Crippen LogP contribution in [0.2, 0.25) is 0 Å². The fraction of sp³-hybridized carbons (Fsp3) is 0.409. The molecule has 0 aliphatic rings. The summed E-state index contributed by atoms with van der Waals surface area (Å²) in [5, 5.41) is 9.29. The predicted molar refractivity (Wildman–Crippen MR) is 104 cm³/mol. The van der Waals surface area contributed by atoms with Gasteiger partial charge in [-0.15, -0.1) is 0 Å². The molecule has 2 rings (SSSR count). The molecule has 2 aromatic rings. The molecule has 0 unspecified atom stereocenters. The van der Waals surface area contributed by atoms with Crippen LogP contribution in [0.5, 0.6) is 0 Å². The third-order valence-corrected chi connectivity index (χ3v) is 4.02. The fourth-order valence-corrected chi connectivity index (χ4v) is 2.67. The van der Waals surface area contributed by atoms with Gasteiger partial charge in [0.1, 0.15) is 0 Å². The molecular weight excluding hydrogens is 326 g/mol. The summed E-state index contributed by atoms with van der Waals surface area (Å²) < 4.78 is 5.78. The Bertz CT molecular complexity index is 675. The molecule has 0 bridgehead atoms. The molecule has 1 N–H and O–H groups in total. The van der Waals surface area contributed by atoms with Crippen molar-refractivity contribution in [3.05, 3.63) is 71.3 Å². The molecule has 4 heteroatoms. The maximum atomic E-state index is 12.5. The van der Waals surface area contributed by atoms with E-state index in [2.05, 4.69) is 4.90 Å². The Morgan fingerprint density at radius 2 is 1.58 bits per heavy atom. The maximum Gasteiger partial charge on any atom is 0.193 e. The number of nitrogens with zero attached hydrogens (tertiary/aromatic N) is 1. The van der Waals surface area contributed by atoms with Gasteiger partial charge < -0.3 is 9.84 Å². The first kappa shape index (κ1) is 20.3. The van der Waals surface area contributed by atoms with Crippen LogP contribution in [-0.4, -0.2) is 47.7 Å². The van der Waals surface area contributed by atoms with Gasteiger partial charge in [-0.3, -0.25) is 9.69 Å². The molecule has 0 aliphatic heterocycles. The second kappa shape index (κ2) is 9.62. The number of carbonyl (C=O) groups is 1. The Kier molecular flexibility index (Phi) is 7.51. The first-order valence-electron chi connectivity index (χ1n) is 9.05. The predicted octanol–water partition coefficient (Wildman–Crippen LogP) is 3.53. The quantitative estimate of drug-likeness (QED) is 0.699. The van der Waals surface area contributed by atoms with E-state index < -0.39 is 0 Å². The van der Waals surface area contributed by atoms with Crippen molar-refractivity contribution in [3.8, 4) is 0 Å². The molecule has 0 radical (unpaired) electrons.